The molecule has 0 radical (unpaired) electrons. The summed E-state index contributed by atoms with van der Waals surface area (Å²) < 4.78 is 0. The van der Waals surface area contributed by atoms with E-state index >= 15 is 0 Å². The first-order valence-corrected chi connectivity index (χ1v) is 6.02. The fraction of sp³-hybridized carbons (Fsp3) is 0.571. The molecular formula is C14H24N2. The SMILES string of the molecule is CNCc1cccc(CN(C)CC(C)C)c1. The molecule has 0 fully saturated rings. The molecule has 16 heavy (non-hydrogen) atoms. The third kappa shape index (κ3) is 4.77. The minimum Gasteiger partial charge on any atom is -0.316 e. The van der Waals surface area contributed by atoms with Gasteiger partial charge in [0.25, 0.3) is 0 Å². The number of nitrogens with one attached hydrogen (secondary N) is 1. The van der Waals surface area contributed by atoms with E-state index in [4.69, 9.17) is 0 Å². The zero-order valence-corrected chi connectivity index (χ0v) is 11.0. The minimum absolute atomic E-state index is 0.727. The molecule has 0 aromatic heterocycles. The van der Waals surface area contributed by atoms with E-state index in [1.807, 2.05) is 7.05 Å². The lowest BCUT2D eigenvalue weighted by molar-refractivity contribution is 0.288. The van der Waals surface area contributed by atoms with E-state index < -0.39 is 0 Å². The second-order valence-electron chi connectivity index (χ2n) is 4.94. The molecule has 0 atom stereocenters. The first-order valence-electron chi connectivity index (χ1n) is 6.02. The monoisotopic (exact) mass is 220 g/mol. The summed E-state index contributed by atoms with van der Waals surface area (Å²) in [5.41, 5.74) is 2.76. The van der Waals surface area contributed by atoms with E-state index in [2.05, 4.69) is 55.4 Å². The Labute approximate surface area is 99.7 Å². The topological polar surface area (TPSA) is 15.3 Å². The number of nitrogens with zero attached hydrogens (tertiary/aromatic N) is 1. The molecule has 0 aliphatic rings. The van der Waals surface area contributed by atoms with E-state index in [0.717, 1.165) is 25.6 Å². The van der Waals surface area contributed by atoms with Crippen LogP contribution in [0.15, 0.2) is 24.3 Å². The molecule has 2 nitrogen and oxygen atoms in total. The normalized spacial score (nSPS) is 11.4. The van der Waals surface area contributed by atoms with Crippen LogP contribution in [0.4, 0.5) is 0 Å². The number of rotatable bonds is 6. The second-order valence-corrected chi connectivity index (χ2v) is 4.94. The van der Waals surface area contributed by atoms with Gasteiger partial charge in [0.1, 0.15) is 0 Å². The zero-order valence-electron chi connectivity index (χ0n) is 11.0. The summed E-state index contributed by atoms with van der Waals surface area (Å²) in [4.78, 5) is 2.38. The van der Waals surface area contributed by atoms with Crippen molar-refractivity contribution in [1.29, 1.82) is 0 Å². The first kappa shape index (κ1) is 13.2. The maximum atomic E-state index is 3.18. The van der Waals surface area contributed by atoms with Gasteiger partial charge in [-0.2, -0.15) is 0 Å². The molecule has 1 N–H and O–H groups in total. The van der Waals surface area contributed by atoms with Gasteiger partial charge in [-0.1, -0.05) is 38.1 Å². The van der Waals surface area contributed by atoms with E-state index in [1.165, 1.54) is 11.1 Å². The van der Waals surface area contributed by atoms with Gasteiger partial charge in [-0.3, -0.25) is 0 Å². The van der Waals surface area contributed by atoms with E-state index in [9.17, 15) is 0 Å². The lowest BCUT2D eigenvalue weighted by Gasteiger charge is -2.19. The fourth-order valence-corrected chi connectivity index (χ4v) is 2.04. The van der Waals surface area contributed by atoms with Crippen LogP contribution < -0.4 is 5.32 Å². The van der Waals surface area contributed by atoms with Crippen molar-refractivity contribution in [1.82, 2.24) is 10.2 Å². The smallest absolute Gasteiger partial charge is 0.0230 e. The highest BCUT2D eigenvalue weighted by Gasteiger charge is 2.03. The van der Waals surface area contributed by atoms with Gasteiger partial charge in [0, 0.05) is 19.6 Å². The maximum absolute atomic E-state index is 3.18. The predicted octanol–water partition coefficient (Wildman–Crippen LogP) is 2.49. The van der Waals surface area contributed by atoms with Crippen LogP contribution in [-0.2, 0) is 13.1 Å². The van der Waals surface area contributed by atoms with Crippen molar-refractivity contribution >= 4 is 0 Å². The number of benzene rings is 1. The quantitative estimate of drug-likeness (QED) is 0.792. The molecule has 0 spiro atoms. The van der Waals surface area contributed by atoms with Crippen molar-refractivity contribution in [3.63, 3.8) is 0 Å². The van der Waals surface area contributed by atoms with Gasteiger partial charge in [-0.25, -0.2) is 0 Å². The molecule has 1 aromatic rings. The third-order valence-electron chi connectivity index (χ3n) is 2.50. The van der Waals surface area contributed by atoms with Crippen molar-refractivity contribution < 1.29 is 0 Å². The van der Waals surface area contributed by atoms with Gasteiger partial charge >= 0.3 is 0 Å². The van der Waals surface area contributed by atoms with Crippen LogP contribution in [0.25, 0.3) is 0 Å². The molecule has 90 valence electrons. The Morgan fingerprint density at radius 3 is 2.56 bits per heavy atom. The van der Waals surface area contributed by atoms with Gasteiger partial charge < -0.3 is 10.2 Å². The van der Waals surface area contributed by atoms with Crippen molar-refractivity contribution in [2.75, 3.05) is 20.6 Å². The second kappa shape index (κ2) is 6.66. The summed E-state index contributed by atoms with van der Waals surface area (Å²) in [6.07, 6.45) is 0. The Hall–Kier alpha value is -0.860. The lowest BCUT2D eigenvalue weighted by Crippen LogP contribution is -2.22. The van der Waals surface area contributed by atoms with Crippen molar-refractivity contribution in [3.8, 4) is 0 Å². The van der Waals surface area contributed by atoms with E-state index in [-0.39, 0.29) is 0 Å². The van der Waals surface area contributed by atoms with Crippen LogP contribution in [0, 0.1) is 5.92 Å². The maximum Gasteiger partial charge on any atom is 0.0230 e. The van der Waals surface area contributed by atoms with E-state index in [0.29, 0.717) is 0 Å². The minimum atomic E-state index is 0.727. The van der Waals surface area contributed by atoms with Gasteiger partial charge in [0.2, 0.25) is 0 Å². The summed E-state index contributed by atoms with van der Waals surface area (Å²) in [5.74, 6) is 0.727. The Kier molecular flexibility index (Phi) is 5.50. The molecule has 0 amide bonds. The average molecular weight is 220 g/mol. The van der Waals surface area contributed by atoms with Crippen LogP contribution in [-0.4, -0.2) is 25.5 Å². The molecule has 0 aliphatic heterocycles. The first-order chi connectivity index (χ1) is 7.61. The zero-order chi connectivity index (χ0) is 12.0. The standard InChI is InChI=1S/C14H24N2/c1-12(2)10-16(4)11-14-7-5-6-13(8-14)9-15-3/h5-8,12,15H,9-11H2,1-4H3. The van der Waals surface area contributed by atoms with Crippen molar-refractivity contribution in [3.05, 3.63) is 35.4 Å². The molecule has 2 heteroatoms. The molecule has 1 rings (SSSR count). The highest BCUT2D eigenvalue weighted by molar-refractivity contribution is 5.23. The summed E-state index contributed by atoms with van der Waals surface area (Å²) in [6, 6.07) is 8.80. The van der Waals surface area contributed by atoms with Crippen LogP contribution in [0.5, 0.6) is 0 Å². The van der Waals surface area contributed by atoms with Crippen LogP contribution in [0.3, 0.4) is 0 Å². The highest BCUT2D eigenvalue weighted by atomic mass is 15.1. The Balaban J connectivity index is 2.55. The Bertz CT molecular complexity index is 307. The average Bonchev–Trinajstić information content (AvgIpc) is 2.17. The molecule has 0 saturated carbocycles. The van der Waals surface area contributed by atoms with Crippen LogP contribution in [0.1, 0.15) is 25.0 Å². The third-order valence-corrected chi connectivity index (χ3v) is 2.50. The number of hydrogen-bond acceptors (Lipinski definition) is 2. The molecule has 0 heterocycles. The molecule has 0 bridgehead atoms. The summed E-state index contributed by atoms with van der Waals surface area (Å²) in [7, 11) is 4.17. The van der Waals surface area contributed by atoms with Crippen LogP contribution in [0.2, 0.25) is 0 Å². The molecule has 0 aliphatic carbocycles. The van der Waals surface area contributed by atoms with Gasteiger partial charge in [0.05, 0.1) is 0 Å². The molecular weight excluding hydrogens is 196 g/mol. The van der Waals surface area contributed by atoms with Gasteiger partial charge in [0.15, 0.2) is 0 Å². The largest absolute Gasteiger partial charge is 0.316 e. The molecule has 1 aromatic carbocycles. The summed E-state index contributed by atoms with van der Waals surface area (Å²) in [5, 5.41) is 3.18. The number of hydrogen-bond donors (Lipinski definition) is 1. The van der Waals surface area contributed by atoms with Crippen LogP contribution >= 0.6 is 0 Å². The molecule has 0 saturated heterocycles. The molecule has 0 unspecified atom stereocenters. The Morgan fingerprint density at radius 2 is 1.94 bits per heavy atom. The predicted molar refractivity (Wildman–Crippen MR) is 70.4 cm³/mol. The Morgan fingerprint density at radius 1 is 1.25 bits per heavy atom. The summed E-state index contributed by atoms with van der Waals surface area (Å²) >= 11 is 0. The fourth-order valence-electron chi connectivity index (χ4n) is 2.04. The highest BCUT2D eigenvalue weighted by Crippen LogP contribution is 2.08. The van der Waals surface area contributed by atoms with Gasteiger partial charge in [-0.05, 0) is 31.1 Å². The van der Waals surface area contributed by atoms with Gasteiger partial charge in [-0.15, -0.1) is 0 Å². The van der Waals surface area contributed by atoms with E-state index in [1.54, 1.807) is 0 Å². The summed E-state index contributed by atoms with van der Waals surface area (Å²) in [6.45, 7) is 7.65. The van der Waals surface area contributed by atoms with Crippen molar-refractivity contribution in [2.45, 2.75) is 26.9 Å². The van der Waals surface area contributed by atoms with Crippen molar-refractivity contribution in [2.24, 2.45) is 5.92 Å². The lowest BCUT2D eigenvalue weighted by atomic mass is 10.1.